The van der Waals surface area contributed by atoms with Crippen molar-refractivity contribution < 1.29 is 9.84 Å². The van der Waals surface area contributed by atoms with Crippen LogP contribution in [0.4, 0.5) is 0 Å². The summed E-state index contributed by atoms with van der Waals surface area (Å²) in [6, 6.07) is 1.94. The van der Waals surface area contributed by atoms with Crippen LogP contribution in [0, 0.1) is 6.92 Å². The molecule has 0 radical (unpaired) electrons. The van der Waals surface area contributed by atoms with E-state index in [9.17, 15) is 5.11 Å². The molecule has 0 aromatic carbocycles. The lowest BCUT2D eigenvalue weighted by atomic mass is 9.95. The molecular weight excluding hydrogens is 186 g/mol. The molecule has 2 heterocycles. The summed E-state index contributed by atoms with van der Waals surface area (Å²) in [7, 11) is 0. The molecule has 1 aliphatic rings. The van der Waals surface area contributed by atoms with Crippen LogP contribution < -0.4 is 0 Å². The summed E-state index contributed by atoms with van der Waals surface area (Å²) in [5.74, 6) is 0. The fourth-order valence-corrected chi connectivity index (χ4v) is 2.41. The summed E-state index contributed by atoms with van der Waals surface area (Å²) in [5.41, 5.74) is 0.198. The second kappa shape index (κ2) is 3.36. The van der Waals surface area contributed by atoms with E-state index in [1.807, 2.05) is 13.0 Å². The number of aliphatic hydroxyl groups is 1. The summed E-state index contributed by atoms with van der Waals surface area (Å²) < 4.78 is 9.44. The molecular formula is C9H13NO2S. The number of nitrogens with zero attached hydrogens (tertiary/aromatic N) is 1. The van der Waals surface area contributed by atoms with Gasteiger partial charge in [0.25, 0.3) is 0 Å². The molecule has 1 atom stereocenters. The molecule has 72 valence electrons. The maximum atomic E-state index is 10.2. The first-order valence-electron chi connectivity index (χ1n) is 4.45. The zero-order valence-corrected chi connectivity index (χ0v) is 8.43. The van der Waals surface area contributed by atoms with Gasteiger partial charge < -0.3 is 9.84 Å². The lowest BCUT2D eigenvalue weighted by Gasteiger charge is -2.30. The quantitative estimate of drug-likeness (QED) is 0.744. The Morgan fingerprint density at radius 1 is 1.69 bits per heavy atom. The Kier molecular flexibility index (Phi) is 2.36. The van der Waals surface area contributed by atoms with E-state index in [2.05, 4.69) is 4.37 Å². The van der Waals surface area contributed by atoms with E-state index in [4.69, 9.17) is 4.74 Å². The highest BCUT2D eigenvalue weighted by Gasteiger charge is 2.33. The Morgan fingerprint density at radius 2 is 2.54 bits per heavy atom. The Bertz CT molecular complexity index is 292. The van der Waals surface area contributed by atoms with Gasteiger partial charge in [-0.15, -0.1) is 0 Å². The van der Waals surface area contributed by atoms with Gasteiger partial charge in [0.1, 0.15) is 5.60 Å². The van der Waals surface area contributed by atoms with Crippen LogP contribution in [0.5, 0.6) is 0 Å². The maximum absolute atomic E-state index is 10.2. The molecule has 1 N–H and O–H groups in total. The van der Waals surface area contributed by atoms with Gasteiger partial charge in [0.05, 0.1) is 17.2 Å². The lowest BCUT2D eigenvalue weighted by molar-refractivity contribution is -0.0880. The first-order chi connectivity index (χ1) is 6.21. The number of rotatable bonds is 1. The van der Waals surface area contributed by atoms with Crippen LogP contribution >= 0.6 is 11.5 Å². The third-order valence-corrected chi connectivity index (χ3v) is 3.38. The summed E-state index contributed by atoms with van der Waals surface area (Å²) in [4.78, 5) is 0.935. The number of aryl methyl sites for hydroxylation is 1. The molecule has 0 bridgehead atoms. The fraction of sp³-hybridized carbons (Fsp3) is 0.667. The highest BCUT2D eigenvalue weighted by Crippen LogP contribution is 2.32. The van der Waals surface area contributed by atoms with Gasteiger partial charge in [-0.1, -0.05) is 0 Å². The van der Waals surface area contributed by atoms with Crippen LogP contribution in [0.3, 0.4) is 0 Å². The van der Waals surface area contributed by atoms with Gasteiger partial charge in [-0.2, -0.15) is 4.37 Å². The van der Waals surface area contributed by atoms with E-state index in [0.717, 1.165) is 30.0 Å². The number of hydrogen-bond donors (Lipinski definition) is 1. The predicted molar refractivity (Wildman–Crippen MR) is 50.8 cm³/mol. The summed E-state index contributed by atoms with van der Waals surface area (Å²) in [6.45, 7) is 3.11. The first kappa shape index (κ1) is 9.12. The third kappa shape index (κ3) is 1.75. The third-order valence-electron chi connectivity index (χ3n) is 2.31. The minimum Gasteiger partial charge on any atom is -0.382 e. The minimum atomic E-state index is -0.774. The minimum absolute atomic E-state index is 0.411. The van der Waals surface area contributed by atoms with Crippen molar-refractivity contribution >= 4 is 11.5 Å². The van der Waals surface area contributed by atoms with Crippen molar-refractivity contribution in [2.75, 3.05) is 13.2 Å². The molecule has 4 heteroatoms. The molecule has 0 saturated carbocycles. The van der Waals surface area contributed by atoms with Gasteiger partial charge in [0.15, 0.2) is 0 Å². The van der Waals surface area contributed by atoms with Crippen molar-refractivity contribution in [3.05, 3.63) is 16.6 Å². The molecule has 2 rings (SSSR count). The number of ether oxygens (including phenoxy) is 1. The molecule has 0 amide bonds. The van der Waals surface area contributed by atoms with Gasteiger partial charge in [0.2, 0.25) is 0 Å². The van der Waals surface area contributed by atoms with Crippen LogP contribution in [-0.2, 0) is 10.3 Å². The van der Waals surface area contributed by atoms with Crippen LogP contribution in [0.15, 0.2) is 6.07 Å². The zero-order valence-electron chi connectivity index (χ0n) is 7.62. The highest BCUT2D eigenvalue weighted by molar-refractivity contribution is 7.06. The fourth-order valence-electron chi connectivity index (χ4n) is 1.56. The monoisotopic (exact) mass is 199 g/mol. The van der Waals surface area contributed by atoms with Crippen LogP contribution in [0.2, 0.25) is 0 Å². The lowest BCUT2D eigenvalue weighted by Crippen LogP contribution is -2.34. The second-order valence-corrected chi connectivity index (χ2v) is 4.33. The number of aromatic nitrogens is 1. The summed E-state index contributed by atoms with van der Waals surface area (Å²) >= 11 is 1.37. The second-order valence-electron chi connectivity index (χ2n) is 3.52. The Morgan fingerprint density at radius 3 is 3.08 bits per heavy atom. The standard InChI is InChI=1S/C9H13NO2S/c1-7-5-8(13-10-7)9(11)3-2-4-12-6-9/h5,11H,2-4,6H2,1H3. The molecule has 1 saturated heterocycles. The van der Waals surface area contributed by atoms with E-state index in [-0.39, 0.29) is 0 Å². The van der Waals surface area contributed by atoms with Gasteiger partial charge in [0, 0.05) is 6.61 Å². The highest BCUT2D eigenvalue weighted by atomic mass is 32.1. The van der Waals surface area contributed by atoms with Gasteiger partial charge in [-0.3, -0.25) is 0 Å². The topological polar surface area (TPSA) is 42.4 Å². The first-order valence-corrected chi connectivity index (χ1v) is 5.22. The SMILES string of the molecule is Cc1cc(C2(O)CCCOC2)sn1. The van der Waals surface area contributed by atoms with Crippen molar-refractivity contribution in [3.8, 4) is 0 Å². The van der Waals surface area contributed by atoms with Crippen LogP contribution in [0.1, 0.15) is 23.4 Å². The largest absolute Gasteiger partial charge is 0.382 e. The molecule has 13 heavy (non-hydrogen) atoms. The molecule has 1 aromatic heterocycles. The van der Waals surface area contributed by atoms with Crippen LogP contribution in [0.25, 0.3) is 0 Å². The van der Waals surface area contributed by atoms with Crippen LogP contribution in [-0.4, -0.2) is 22.7 Å². The molecule has 0 spiro atoms. The summed E-state index contributed by atoms with van der Waals surface area (Å²) in [6.07, 6.45) is 1.71. The molecule has 3 nitrogen and oxygen atoms in total. The van der Waals surface area contributed by atoms with Gasteiger partial charge in [-0.25, -0.2) is 0 Å². The Balaban J connectivity index is 2.22. The zero-order chi connectivity index (χ0) is 9.31. The molecule has 1 aromatic rings. The van der Waals surface area contributed by atoms with Crippen molar-refractivity contribution in [1.82, 2.24) is 4.37 Å². The number of hydrogen-bond acceptors (Lipinski definition) is 4. The van der Waals surface area contributed by atoms with Crippen molar-refractivity contribution in [3.63, 3.8) is 0 Å². The average Bonchev–Trinajstić information content (AvgIpc) is 2.54. The van der Waals surface area contributed by atoms with E-state index in [1.165, 1.54) is 11.5 Å². The predicted octanol–water partition coefficient (Wildman–Crippen LogP) is 1.45. The smallest absolute Gasteiger partial charge is 0.124 e. The van der Waals surface area contributed by atoms with Gasteiger partial charge in [-0.05, 0) is 37.4 Å². The molecule has 1 fully saturated rings. The van der Waals surface area contributed by atoms with E-state index >= 15 is 0 Å². The average molecular weight is 199 g/mol. The van der Waals surface area contributed by atoms with E-state index in [0.29, 0.717) is 6.61 Å². The maximum Gasteiger partial charge on any atom is 0.124 e. The van der Waals surface area contributed by atoms with Crippen molar-refractivity contribution in [2.24, 2.45) is 0 Å². The van der Waals surface area contributed by atoms with E-state index < -0.39 is 5.60 Å². The molecule has 0 aliphatic carbocycles. The Labute approximate surface area is 81.5 Å². The van der Waals surface area contributed by atoms with Crippen molar-refractivity contribution in [2.45, 2.75) is 25.4 Å². The van der Waals surface area contributed by atoms with Crippen molar-refractivity contribution in [1.29, 1.82) is 0 Å². The Hall–Kier alpha value is -0.450. The summed E-state index contributed by atoms with van der Waals surface area (Å²) in [5, 5.41) is 10.2. The molecule has 1 unspecified atom stereocenters. The van der Waals surface area contributed by atoms with E-state index in [1.54, 1.807) is 0 Å². The normalized spacial score (nSPS) is 29.1. The molecule has 1 aliphatic heterocycles. The van der Waals surface area contributed by atoms with Gasteiger partial charge >= 0.3 is 0 Å².